The minimum atomic E-state index is 1.05. The Morgan fingerprint density at radius 1 is 0.484 bits per heavy atom. The molecule has 5 heterocycles. The Kier molecular flexibility index (Phi) is 4.03. The summed E-state index contributed by atoms with van der Waals surface area (Å²) in [4.78, 5) is 17.3. The van der Waals surface area contributed by atoms with Crippen LogP contribution in [0.1, 0.15) is 0 Å². The molecule has 0 fully saturated rings. The van der Waals surface area contributed by atoms with E-state index in [0.717, 1.165) is 49.7 Å². The molecule has 0 aliphatic carbocycles. The zero-order chi connectivity index (χ0) is 20.6. The highest BCUT2D eigenvalue weighted by molar-refractivity contribution is 6.08. The molecule has 0 N–H and O–H groups in total. The second-order valence-corrected chi connectivity index (χ2v) is 7.38. The molecule has 0 saturated carbocycles. The van der Waals surface area contributed by atoms with Crippen molar-refractivity contribution in [2.45, 2.75) is 0 Å². The van der Waals surface area contributed by atoms with Gasteiger partial charge in [0, 0.05) is 82.7 Å². The maximum Gasteiger partial charge on any atom is 0.0572 e. The lowest BCUT2D eigenvalue weighted by Crippen LogP contribution is -1.94. The van der Waals surface area contributed by atoms with Crippen LogP contribution < -0.4 is 0 Å². The van der Waals surface area contributed by atoms with Crippen molar-refractivity contribution in [3.63, 3.8) is 0 Å². The number of rotatable bonds is 3. The average molecular weight is 399 g/mol. The minimum absolute atomic E-state index is 1.05. The second-order valence-electron chi connectivity index (χ2n) is 7.38. The van der Waals surface area contributed by atoms with Gasteiger partial charge in [0.1, 0.15) is 0 Å². The molecule has 0 atom stereocenters. The van der Waals surface area contributed by atoms with E-state index in [4.69, 9.17) is 0 Å². The fourth-order valence-electron chi connectivity index (χ4n) is 4.10. The molecule has 0 aliphatic heterocycles. The summed E-state index contributed by atoms with van der Waals surface area (Å²) in [5.41, 5.74) is 7.57. The van der Waals surface area contributed by atoms with E-state index in [1.54, 1.807) is 6.20 Å². The molecule has 5 aromatic heterocycles. The van der Waals surface area contributed by atoms with Gasteiger partial charge in [0.05, 0.1) is 11.0 Å². The van der Waals surface area contributed by atoms with E-state index in [0.29, 0.717) is 0 Å². The smallest absolute Gasteiger partial charge is 0.0572 e. The molecule has 0 saturated heterocycles. The molecule has 0 radical (unpaired) electrons. The molecular weight excluding hydrogens is 382 g/mol. The van der Waals surface area contributed by atoms with Gasteiger partial charge >= 0.3 is 0 Å². The fraction of sp³-hybridized carbons (Fsp3) is 0. The molecule has 0 spiro atoms. The van der Waals surface area contributed by atoms with Gasteiger partial charge in [0.25, 0.3) is 0 Å². The third-order valence-corrected chi connectivity index (χ3v) is 5.54. The quantitative estimate of drug-likeness (QED) is 0.383. The number of hydrogen-bond donors (Lipinski definition) is 0. The maximum absolute atomic E-state index is 4.48. The third kappa shape index (κ3) is 2.95. The van der Waals surface area contributed by atoms with Gasteiger partial charge in [0.2, 0.25) is 0 Å². The lowest BCUT2D eigenvalue weighted by molar-refractivity contribution is 1.17. The Hall–Kier alpha value is -4.38. The van der Waals surface area contributed by atoms with Gasteiger partial charge in [-0.1, -0.05) is 18.2 Å². The van der Waals surface area contributed by atoms with Gasteiger partial charge in [0.15, 0.2) is 0 Å². The largest absolute Gasteiger partial charge is 0.309 e. The van der Waals surface area contributed by atoms with Crippen LogP contribution in [-0.4, -0.2) is 24.5 Å². The van der Waals surface area contributed by atoms with Gasteiger partial charge in [-0.25, -0.2) is 0 Å². The molecule has 5 heteroatoms. The Morgan fingerprint density at radius 2 is 1.13 bits per heavy atom. The molecule has 6 rings (SSSR count). The van der Waals surface area contributed by atoms with Gasteiger partial charge < -0.3 is 4.57 Å². The Labute approximate surface area is 178 Å². The SMILES string of the molecule is c1cncc(-c2cncc(-c3cccc(-n4c5ccncc5c5cnccc54)c3)c2)c1. The molecule has 6 aromatic rings. The monoisotopic (exact) mass is 399 g/mol. The maximum atomic E-state index is 4.48. The van der Waals surface area contributed by atoms with E-state index in [1.165, 1.54) is 0 Å². The number of pyridine rings is 4. The Balaban J connectivity index is 1.53. The second kappa shape index (κ2) is 7.15. The van der Waals surface area contributed by atoms with Crippen LogP contribution in [-0.2, 0) is 0 Å². The highest BCUT2D eigenvalue weighted by Gasteiger charge is 2.13. The summed E-state index contributed by atoms with van der Waals surface area (Å²) in [6.45, 7) is 0. The molecule has 0 amide bonds. The van der Waals surface area contributed by atoms with Crippen LogP contribution in [0.2, 0.25) is 0 Å². The van der Waals surface area contributed by atoms with Crippen LogP contribution in [0.4, 0.5) is 0 Å². The highest BCUT2D eigenvalue weighted by atomic mass is 15.0. The summed E-state index contributed by atoms with van der Waals surface area (Å²) in [6, 6.07) is 18.8. The molecule has 0 bridgehead atoms. The van der Waals surface area contributed by atoms with Crippen molar-refractivity contribution in [1.29, 1.82) is 0 Å². The number of hydrogen-bond acceptors (Lipinski definition) is 4. The predicted octanol–water partition coefficient (Wildman–Crippen LogP) is 5.70. The van der Waals surface area contributed by atoms with Crippen molar-refractivity contribution >= 4 is 21.8 Å². The highest BCUT2D eigenvalue weighted by Crippen LogP contribution is 2.32. The van der Waals surface area contributed by atoms with Crippen molar-refractivity contribution in [3.05, 3.63) is 104 Å². The summed E-state index contributed by atoms with van der Waals surface area (Å²) in [5.74, 6) is 0. The van der Waals surface area contributed by atoms with Crippen molar-refractivity contribution < 1.29 is 0 Å². The summed E-state index contributed by atoms with van der Waals surface area (Å²) in [5, 5.41) is 2.19. The number of aromatic nitrogens is 5. The first kappa shape index (κ1) is 17.5. The molecule has 0 unspecified atom stereocenters. The first-order valence-electron chi connectivity index (χ1n) is 10.0. The van der Waals surface area contributed by atoms with Gasteiger partial charge in [-0.05, 0) is 42.0 Å². The summed E-state index contributed by atoms with van der Waals surface area (Å²) in [6.07, 6.45) is 14.9. The minimum Gasteiger partial charge on any atom is -0.309 e. The molecule has 31 heavy (non-hydrogen) atoms. The predicted molar refractivity (Wildman–Crippen MR) is 123 cm³/mol. The number of nitrogens with zero attached hydrogens (tertiary/aromatic N) is 5. The topological polar surface area (TPSA) is 56.5 Å². The van der Waals surface area contributed by atoms with Crippen LogP contribution in [0, 0.1) is 0 Å². The van der Waals surface area contributed by atoms with E-state index in [-0.39, 0.29) is 0 Å². The van der Waals surface area contributed by atoms with Crippen LogP contribution in [0.25, 0.3) is 49.7 Å². The normalized spacial score (nSPS) is 11.2. The van der Waals surface area contributed by atoms with Gasteiger partial charge in [-0.15, -0.1) is 0 Å². The third-order valence-electron chi connectivity index (χ3n) is 5.54. The molecule has 146 valence electrons. The van der Waals surface area contributed by atoms with Crippen molar-refractivity contribution in [2.24, 2.45) is 0 Å². The van der Waals surface area contributed by atoms with E-state index < -0.39 is 0 Å². The van der Waals surface area contributed by atoms with Gasteiger partial charge in [-0.2, -0.15) is 0 Å². The lowest BCUT2D eigenvalue weighted by Gasteiger charge is -2.11. The standard InChI is InChI=1S/C26H17N5/c1-3-18(20-11-21(15-30-14-20)19-4-2-8-27-13-19)12-22(5-1)31-25-6-9-28-16-23(25)24-17-29-10-7-26(24)31/h1-17H. The van der Waals surface area contributed by atoms with Crippen molar-refractivity contribution in [2.75, 3.05) is 0 Å². The molecular formula is C26H17N5. The lowest BCUT2D eigenvalue weighted by atomic mass is 10.0. The van der Waals surface area contributed by atoms with Crippen molar-refractivity contribution in [3.8, 4) is 27.9 Å². The summed E-state index contributed by atoms with van der Waals surface area (Å²) >= 11 is 0. The van der Waals surface area contributed by atoms with Crippen LogP contribution in [0.15, 0.2) is 104 Å². The Bertz CT molecular complexity index is 1480. The van der Waals surface area contributed by atoms with Crippen molar-refractivity contribution in [1.82, 2.24) is 24.5 Å². The first-order valence-corrected chi connectivity index (χ1v) is 10.0. The molecule has 1 aromatic carbocycles. The van der Waals surface area contributed by atoms with E-state index in [1.807, 2.05) is 67.6 Å². The van der Waals surface area contributed by atoms with Crippen LogP contribution in [0.5, 0.6) is 0 Å². The zero-order valence-corrected chi connectivity index (χ0v) is 16.6. The Morgan fingerprint density at radius 3 is 1.84 bits per heavy atom. The fourth-order valence-corrected chi connectivity index (χ4v) is 4.10. The zero-order valence-electron chi connectivity index (χ0n) is 16.6. The van der Waals surface area contributed by atoms with E-state index >= 15 is 0 Å². The first-order chi connectivity index (χ1) is 15.4. The number of benzene rings is 1. The molecule has 0 aliphatic rings. The summed E-state index contributed by atoms with van der Waals surface area (Å²) in [7, 11) is 0. The van der Waals surface area contributed by atoms with Gasteiger partial charge in [-0.3, -0.25) is 19.9 Å². The average Bonchev–Trinajstić information content (AvgIpc) is 3.19. The molecule has 5 nitrogen and oxygen atoms in total. The van der Waals surface area contributed by atoms with Crippen LogP contribution in [0.3, 0.4) is 0 Å². The van der Waals surface area contributed by atoms with E-state index in [9.17, 15) is 0 Å². The summed E-state index contributed by atoms with van der Waals surface area (Å²) < 4.78 is 2.26. The van der Waals surface area contributed by atoms with E-state index in [2.05, 4.69) is 54.8 Å². The van der Waals surface area contributed by atoms with Crippen LogP contribution >= 0.6 is 0 Å². The number of fused-ring (bicyclic) bond motifs is 3.